The van der Waals surface area contributed by atoms with Crippen LogP contribution < -0.4 is 4.74 Å². The van der Waals surface area contributed by atoms with Gasteiger partial charge in [-0.2, -0.15) is 0 Å². The summed E-state index contributed by atoms with van der Waals surface area (Å²) in [5.74, 6) is 1.70. The van der Waals surface area contributed by atoms with E-state index in [2.05, 4.69) is 47.4 Å². The Morgan fingerprint density at radius 1 is 1.15 bits per heavy atom. The van der Waals surface area contributed by atoms with Gasteiger partial charge in [0.1, 0.15) is 17.6 Å². The molecule has 154 valence electrons. The van der Waals surface area contributed by atoms with E-state index < -0.39 is 8.32 Å². The van der Waals surface area contributed by atoms with Gasteiger partial charge < -0.3 is 18.6 Å². The molecule has 0 fully saturated rings. The molecule has 0 amide bonds. The summed E-state index contributed by atoms with van der Waals surface area (Å²) < 4.78 is 23.5. The largest absolute Gasteiger partial charge is 0.497 e. The van der Waals surface area contributed by atoms with Crippen LogP contribution in [0.25, 0.3) is 0 Å². The number of hydrogen-bond acceptors (Lipinski definition) is 4. The fraction of sp³-hybridized carbons (Fsp3) is 0.636. The normalized spacial score (nSPS) is 14.5. The van der Waals surface area contributed by atoms with Gasteiger partial charge in [0, 0.05) is 5.92 Å². The molecule has 0 radical (unpaired) electrons. The third-order valence-electron chi connectivity index (χ3n) is 5.20. The van der Waals surface area contributed by atoms with Gasteiger partial charge in [-0.3, -0.25) is 0 Å². The van der Waals surface area contributed by atoms with E-state index >= 15 is 0 Å². The lowest BCUT2D eigenvalue weighted by Crippen LogP contribution is -2.46. The molecule has 27 heavy (non-hydrogen) atoms. The fourth-order valence-electron chi connectivity index (χ4n) is 2.43. The second-order valence-corrected chi connectivity index (χ2v) is 13.3. The van der Waals surface area contributed by atoms with E-state index in [9.17, 15) is 0 Å². The van der Waals surface area contributed by atoms with Crippen LogP contribution in [0.2, 0.25) is 18.1 Å². The van der Waals surface area contributed by atoms with Crippen molar-refractivity contribution in [3.8, 4) is 5.75 Å². The fourth-order valence-corrected chi connectivity index (χ4v) is 3.78. The van der Waals surface area contributed by atoms with Crippen molar-refractivity contribution in [3.63, 3.8) is 0 Å². The minimum atomic E-state index is -1.95. The molecule has 0 aliphatic rings. The Hall–Kier alpha value is -1.30. The molecule has 1 rings (SSSR count). The molecule has 0 aliphatic carbocycles. The summed E-state index contributed by atoms with van der Waals surface area (Å²) in [4.78, 5) is 0. The molecule has 2 atom stereocenters. The minimum absolute atomic E-state index is 0.126. The second kappa shape index (κ2) is 10.3. The van der Waals surface area contributed by atoms with Crippen molar-refractivity contribution in [1.29, 1.82) is 0 Å². The SMILES string of the molecule is C=C(OCC)[C@@H](O[Si](C)(C)C(C)(C)C)C(C)COCc1ccc(OC)cc1. The quantitative estimate of drug-likeness (QED) is 0.352. The third-order valence-corrected chi connectivity index (χ3v) is 9.66. The van der Waals surface area contributed by atoms with Gasteiger partial charge in [0.15, 0.2) is 8.32 Å². The van der Waals surface area contributed by atoms with E-state index in [0.717, 1.165) is 11.3 Å². The molecule has 0 spiro atoms. The first-order valence-corrected chi connectivity index (χ1v) is 12.6. The molecule has 5 heteroatoms. The highest BCUT2D eigenvalue weighted by Gasteiger charge is 2.41. The Kier molecular flexibility index (Phi) is 9.05. The molecule has 1 unspecified atom stereocenters. The summed E-state index contributed by atoms with van der Waals surface area (Å²) >= 11 is 0. The molecule has 0 aliphatic heterocycles. The molecule has 0 bridgehead atoms. The molecule has 0 N–H and O–H groups in total. The molecule has 4 nitrogen and oxygen atoms in total. The van der Waals surface area contributed by atoms with Crippen LogP contribution in [0.3, 0.4) is 0 Å². The van der Waals surface area contributed by atoms with Crippen molar-refractivity contribution in [3.05, 3.63) is 42.2 Å². The Morgan fingerprint density at radius 3 is 2.22 bits per heavy atom. The van der Waals surface area contributed by atoms with Crippen LogP contribution in [0.1, 0.15) is 40.2 Å². The molecule has 0 heterocycles. The summed E-state index contributed by atoms with van der Waals surface area (Å²) in [6.07, 6.45) is -0.165. The van der Waals surface area contributed by atoms with Gasteiger partial charge in [-0.25, -0.2) is 0 Å². The summed E-state index contributed by atoms with van der Waals surface area (Å²) in [5, 5.41) is 0.126. The predicted octanol–water partition coefficient (Wildman–Crippen LogP) is 5.79. The number of methoxy groups -OCH3 is 1. The Labute approximate surface area is 167 Å². The van der Waals surface area contributed by atoms with Crippen LogP contribution >= 0.6 is 0 Å². The van der Waals surface area contributed by atoms with Gasteiger partial charge in [-0.15, -0.1) is 0 Å². The Bertz CT molecular complexity index is 575. The van der Waals surface area contributed by atoms with Crippen molar-refractivity contribution >= 4 is 8.32 Å². The van der Waals surface area contributed by atoms with E-state index in [4.69, 9.17) is 18.6 Å². The highest BCUT2D eigenvalue weighted by atomic mass is 28.4. The second-order valence-electron chi connectivity index (χ2n) is 8.54. The van der Waals surface area contributed by atoms with E-state index in [1.165, 1.54) is 0 Å². The maximum atomic E-state index is 6.63. The van der Waals surface area contributed by atoms with Crippen molar-refractivity contribution in [2.45, 2.75) is 65.5 Å². The molecule has 0 saturated heterocycles. The zero-order chi connectivity index (χ0) is 20.7. The highest BCUT2D eigenvalue weighted by Crippen LogP contribution is 2.39. The Morgan fingerprint density at radius 2 is 1.74 bits per heavy atom. The standard InChI is InChI=1S/C22H38O4Si/c1-10-25-18(3)21(26-27(8,9)22(4,5)6)17(2)15-24-16-19-11-13-20(23-7)14-12-19/h11-14,17,21H,3,10,15-16H2,1-2,4-9H3/t17?,21-/m0/s1. The van der Waals surface area contributed by atoms with Gasteiger partial charge in [0.2, 0.25) is 0 Å². The lowest BCUT2D eigenvalue weighted by atomic mass is 10.1. The van der Waals surface area contributed by atoms with Crippen LogP contribution in [0, 0.1) is 5.92 Å². The average Bonchev–Trinajstić information content (AvgIpc) is 2.59. The van der Waals surface area contributed by atoms with Gasteiger partial charge in [0.05, 0.1) is 26.9 Å². The molecule has 0 saturated carbocycles. The lowest BCUT2D eigenvalue weighted by Gasteiger charge is -2.41. The van der Waals surface area contributed by atoms with Gasteiger partial charge in [0.25, 0.3) is 0 Å². The van der Waals surface area contributed by atoms with Crippen LogP contribution in [-0.2, 0) is 20.5 Å². The first-order valence-electron chi connectivity index (χ1n) is 9.72. The van der Waals surface area contributed by atoms with Crippen LogP contribution in [0.4, 0.5) is 0 Å². The zero-order valence-corrected chi connectivity index (χ0v) is 19.4. The van der Waals surface area contributed by atoms with Gasteiger partial charge in [-0.1, -0.05) is 46.4 Å². The summed E-state index contributed by atoms with van der Waals surface area (Å²) in [7, 11) is -0.279. The number of ether oxygens (including phenoxy) is 3. The van der Waals surface area contributed by atoms with Crippen LogP contribution in [-0.4, -0.2) is 34.7 Å². The van der Waals surface area contributed by atoms with E-state index in [1.54, 1.807) is 7.11 Å². The number of hydrogen-bond donors (Lipinski definition) is 0. The lowest BCUT2D eigenvalue weighted by molar-refractivity contribution is 0.0221. The summed E-state index contributed by atoms with van der Waals surface area (Å²) in [6.45, 7) is 21.2. The molecule has 1 aromatic rings. The van der Waals surface area contributed by atoms with Crippen molar-refractivity contribution < 1.29 is 18.6 Å². The van der Waals surface area contributed by atoms with Gasteiger partial charge >= 0.3 is 0 Å². The van der Waals surface area contributed by atoms with Crippen molar-refractivity contribution in [2.75, 3.05) is 20.3 Å². The zero-order valence-electron chi connectivity index (χ0n) is 18.4. The molecule has 1 aromatic carbocycles. The monoisotopic (exact) mass is 394 g/mol. The number of benzene rings is 1. The minimum Gasteiger partial charge on any atom is -0.497 e. The highest BCUT2D eigenvalue weighted by molar-refractivity contribution is 6.74. The molecular formula is C22H38O4Si. The Balaban J connectivity index is 2.72. The smallest absolute Gasteiger partial charge is 0.193 e. The van der Waals surface area contributed by atoms with E-state index in [0.29, 0.717) is 25.6 Å². The van der Waals surface area contributed by atoms with Crippen LogP contribution in [0.15, 0.2) is 36.6 Å². The van der Waals surface area contributed by atoms with Crippen molar-refractivity contribution in [1.82, 2.24) is 0 Å². The number of rotatable bonds is 11. The molecule has 0 aromatic heterocycles. The molecular weight excluding hydrogens is 356 g/mol. The predicted molar refractivity (Wildman–Crippen MR) is 115 cm³/mol. The maximum absolute atomic E-state index is 6.63. The first-order chi connectivity index (χ1) is 12.5. The summed E-state index contributed by atoms with van der Waals surface area (Å²) in [6, 6.07) is 7.93. The average molecular weight is 395 g/mol. The van der Waals surface area contributed by atoms with Crippen LogP contribution in [0.5, 0.6) is 5.75 Å². The van der Waals surface area contributed by atoms with Crippen molar-refractivity contribution in [2.24, 2.45) is 5.92 Å². The first kappa shape index (κ1) is 23.7. The topological polar surface area (TPSA) is 36.9 Å². The van der Waals surface area contributed by atoms with E-state index in [-0.39, 0.29) is 17.1 Å². The summed E-state index contributed by atoms with van der Waals surface area (Å²) in [5.41, 5.74) is 1.12. The van der Waals surface area contributed by atoms with E-state index in [1.807, 2.05) is 31.2 Å². The third kappa shape index (κ3) is 7.32. The maximum Gasteiger partial charge on any atom is 0.193 e. The van der Waals surface area contributed by atoms with Gasteiger partial charge in [-0.05, 0) is 42.8 Å².